The molecular weight excluding hydrogens is 246 g/mol. The zero-order chi connectivity index (χ0) is 14.2. The zero-order valence-electron chi connectivity index (χ0n) is 12.3. The third-order valence-corrected chi connectivity index (χ3v) is 3.45. The summed E-state index contributed by atoms with van der Waals surface area (Å²) in [6.45, 7) is 6.60. The van der Waals surface area contributed by atoms with Crippen LogP contribution in [0.4, 0.5) is 5.69 Å². The van der Waals surface area contributed by atoms with E-state index >= 15 is 0 Å². The van der Waals surface area contributed by atoms with Gasteiger partial charge in [0.2, 0.25) is 0 Å². The van der Waals surface area contributed by atoms with Gasteiger partial charge >= 0.3 is 0 Å². The summed E-state index contributed by atoms with van der Waals surface area (Å²) in [5.74, 6) is 0.483. The Morgan fingerprint density at radius 1 is 1.00 bits per heavy atom. The molecule has 20 heavy (non-hydrogen) atoms. The van der Waals surface area contributed by atoms with Crippen molar-refractivity contribution in [3.05, 3.63) is 65.7 Å². The number of anilines is 1. The van der Waals surface area contributed by atoms with Crippen molar-refractivity contribution in [1.29, 1.82) is 0 Å². The molecule has 2 heteroatoms. The highest BCUT2D eigenvalue weighted by molar-refractivity contribution is 5.51. The van der Waals surface area contributed by atoms with Crippen molar-refractivity contribution in [3.63, 3.8) is 0 Å². The van der Waals surface area contributed by atoms with Gasteiger partial charge in [0.25, 0.3) is 0 Å². The summed E-state index contributed by atoms with van der Waals surface area (Å²) < 4.78 is 5.51. The highest BCUT2D eigenvalue weighted by Gasteiger charge is 2.06. The Balaban J connectivity index is 1.96. The van der Waals surface area contributed by atoms with Gasteiger partial charge in [0.15, 0.2) is 0 Å². The molecule has 2 nitrogen and oxygen atoms in total. The number of hydrogen-bond acceptors (Lipinski definition) is 2. The van der Waals surface area contributed by atoms with Crippen molar-refractivity contribution in [2.45, 2.75) is 26.4 Å². The Kier molecular flexibility index (Phi) is 5.63. The first kappa shape index (κ1) is 14.6. The summed E-state index contributed by atoms with van der Waals surface area (Å²) in [5.41, 5.74) is 3.75. The Hall–Kier alpha value is -1.80. The van der Waals surface area contributed by atoms with Crippen molar-refractivity contribution in [2.24, 2.45) is 0 Å². The van der Waals surface area contributed by atoms with Gasteiger partial charge in [0.1, 0.15) is 0 Å². The molecule has 0 fully saturated rings. The summed E-state index contributed by atoms with van der Waals surface area (Å²) in [6.07, 6.45) is 0. The summed E-state index contributed by atoms with van der Waals surface area (Å²) >= 11 is 0. The number of para-hydroxylation sites is 1. The fourth-order valence-electron chi connectivity index (χ4n) is 2.19. The van der Waals surface area contributed by atoms with Gasteiger partial charge in [-0.2, -0.15) is 0 Å². The van der Waals surface area contributed by atoms with Crippen molar-refractivity contribution >= 4 is 5.69 Å². The molecule has 2 aromatic carbocycles. The second-order valence-corrected chi connectivity index (χ2v) is 4.99. The molecule has 106 valence electrons. The van der Waals surface area contributed by atoms with Gasteiger partial charge < -0.3 is 10.1 Å². The topological polar surface area (TPSA) is 21.3 Å². The molecule has 1 N–H and O–H groups in total. The quantitative estimate of drug-likeness (QED) is 0.802. The molecule has 2 rings (SSSR count). The molecule has 0 aromatic heterocycles. The van der Waals surface area contributed by atoms with E-state index in [0.717, 1.165) is 13.2 Å². The van der Waals surface area contributed by atoms with E-state index in [4.69, 9.17) is 4.74 Å². The molecule has 2 aromatic rings. The molecule has 1 unspecified atom stereocenters. The van der Waals surface area contributed by atoms with Crippen LogP contribution in [0.1, 0.15) is 30.9 Å². The lowest BCUT2D eigenvalue weighted by Gasteiger charge is -2.16. The zero-order valence-corrected chi connectivity index (χ0v) is 12.3. The highest BCUT2D eigenvalue weighted by Crippen LogP contribution is 2.19. The third-order valence-electron chi connectivity index (χ3n) is 3.45. The lowest BCUT2D eigenvalue weighted by Crippen LogP contribution is -2.11. The van der Waals surface area contributed by atoms with E-state index in [9.17, 15) is 0 Å². The van der Waals surface area contributed by atoms with Crippen molar-refractivity contribution in [1.82, 2.24) is 0 Å². The van der Waals surface area contributed by atoms with Crippen LogP contribution in [0.2, 0.25) is 0 Å². The average Bonchev–Trinajstić information content (AvgIpc) is 2.52. The number of benzene rings is 2. The first-order valence-corrected chi connectivity index (χ1v) is 7.25. The van der Waals surface area contributed by atoms with E-state index in [0.29, 0.717) is 12.5 Å². The molecule has 0 aliphatic heterocycles. The maximum Gasteiger partial charge on any atom is 0.0736 e. The maximum atomic E-state index is 5.51. The summed E-state index contributed by atoms with van der Waals surface area (Å²) in [6, 6.07) is 18.9. The number of ether oxygens (including phenoxy) is 1. The van der Waals surface area contributed by atoms with Gasteiger partial charge in [-0.1, -0.05) is 55.5 Å². The third kappa shape index (κ3) is 4.10. The van der Waals surface area contributed by atoms with E-state index in [1.165, 1.54) is 16.8 Å². The summed E-state index contributed by atoms with van der Waals surface area (Å²) in [4.78, 5) is 0. The van der Waals surface area contributed by atoms with Gasteiger partial charge in [-0.25, -0.2) is 0 Å². The van der Waals surface area contributed by atoms with Gasteiger partial charge in [0.05, 0.1) is 6.61 Å². The van der Waals surface area contributed by atoms with Crippen LogP contribution in [0, 0.1) is 0 Å². The molecule has 0 saturated heterocycles. The molecule has 0 amide bonds. The SMILES string of the molecule is CCOCc1ccccc1NCC(C)c1ccccc1. The van der Waals surface area contributed by atoms with Crippen LogP contribution < -0.4 is 5.32 Å². The van der Waals surface area contributed by atoms with E-state index < -0.39 is 0 Å². The van der Waals surface area contributed by atoms with Crippen LogP contribution in [0.3, 0.4) is 0 Å². The van der Waals surface area contributed by atoms with Crippen LogP contribution in [0.5, 0.6) is 0 Å². The first-order valence-electron chi connectivity index (χ1n) is 7.25. The molecule has 0 aliphatic carbocycles. The van der Waals surface area contributed by atoms with E-state index in [-0.39, 0.29) is 0 Å². The largest absolute Gasteiger partial charge is 0.384 e. The van der Waals surface area contributed by atoms with E-state index in [1.54, 1.807) is 0 Å². The number of nitrogens with one attached hydrogen (secondary N) is 1. The lowest BCUT2D eigenvalue weighted by molar-refractivity contribution is 0.134. The summed E-state index contributed by atoms with van der Waals surface area (Å²) in [7, 11) is 0. The molecule has 0 aliphatic rings. The molecule has 0 radical (unpaired) electrons. The van der Waals surface area contributed by atoms with Gasteiger partial charge in [-0.05, 0) is 24.5 Å². The van der Waals surface area contributed by atoms with Gasteiger partial charge in [-0.15, -0.1) is 0 Å². The van der Waals surface area contributed by atoms with Gasteiger partial charge in [0, 0.05) is 24.4 Å². The number of rotatable bonds is 7. The van der Waals surface area contributed by atoms with Crippen molar-refractivity contribution < 1.29 is 4.74 Å². The van der Waals surface area contributed by atoms with Crippen molar-refractivity contribution in [2.75, 3.05) is 18.5 Å². The van der Waals surface area contributed by atoms with E-state index in [1.807, 2.05) is 6.92 Å². The van der Waals surface area contributed by atoms with E-state index in [2.05, 4.69) is 66.8 Å². The summed E-state index contributed by atoms with van der Waals surface area (Å²) in [5, 5.41) is 3.54. The Labute approximate surface area is 121 Å². The minimum absolute atomic E-state index is 0.483. The second kappa shape index (κ2) is 7.71. The number of hydrogen-bond donors (Lipinski definition) is 1. The molecule has 1 atom stereocenters. The fraction of sp³-hybridized carbons (Fsp3) is 0.333. The van der Waals surface area contributed by atoms with Crippen LogP contribution in [0.15, 0.2) is 54.6 Å². The Bertz CT molecular complexity index is 510. The normalized spacial score (nSPS) is 12.1. The molecule has 0 spiro atoms. The second-order valence-electron chi connectivity index (χ2n) is 4.99. The van der Waals surface area contributed by atoms with Crippen LogP contribution in [-0.2, 0) is 11.3 Å². The Morgan fingerprint density at radius 3 is 2.45 bits per heavy atom. The minimum Gasteiger partial charge on any atom is -0.384 e. The lowest BCUT2D eigenvalue weighted by atomic mass is 10.0. The molecule has 0 bridgehead atoms. The predicted octanol–water partition coefficient (Wildman–Crippen LogP) is 4.44. The highest BCUT2D eigenvalue weighted by atomic mass is 16.5. The first-order chi connectivity index (χ1) is 9.81. The Morgan fingerprint density at radius 2 is 1.70 bits per heavy atom. The maximum absolute atomic E-state index is 5.51. The fourth-order valence-corrected chi connectivity index (χ4v) is 2.19. The van der Waals surface area contributed by atoms with Crippen LogP contribution >= 0.6 is 0 Å². The van der Waals surface area contributed by atoms with Crippen LogP contribution in [-0.4, -0.2) is 13.2 Å². The predicted molar refractivity (Wildman–Crippen MR) is 85.1 cm³/mol. The minimum atomic E-state index is 0.483. The smallest absolute Gasteiger partial charge is 0.0736 e. The molecular formula is C18H23NO. The molecule has 0 saturated carbocycles. The van der Waals surface area contributed by atoms with Crippen molar-refractivity contribution in [3.8, 4) is 0 Å². The monoisotopic (exact) mass is 269 g/mol. The van der Waals surface area contributed by atoms with Crippen LogP contribution in [0.25, 0.3) is 0 Å². The van der Waals surface area contributed by atoms with Gasteiger partial charge in [-0.3, -0.25) is 0 Å². The molecule has 0 heterocycles. The average molecular weight is 269 g/mol. The standard InChI is InChI=1S/C18H23NO/c1-3-20-14-17-11-7-8-12-18(17)19-13-15(2)16-9-5-4-6-10-16/h4-12,15,19H,3,13-14H2,1-2H3.